The minimum absolute atomic E-state index is 0.128. The number of aliphatic carboxylic acids is 1. The molecular formula is C9H11F3N2O5. The number of primary amides is 1. The minimum atomic E-state index is -5.08. The maximum Gasteiger partial charge on any atom is 0.490 e. The second-order valence-corrected chi connectivity index (χ2v) is 2.85. The van der Waals surface area contributed by atoms with Crippen LogP contribution in [0.3, 0.4) is 0 Å². The summed E-state index contributed by atoms with van der Waals surface area (Å²) in [5.74, 6) is -1.29. The largest absolute Gasteiger partial charge is 0.490 e. The quantitative estimate of drug-likeness (QED) is 0.623. The molecule has 2 amide bonds. The van der Waals surface area contributed by atoms with Gasteiger partial charge in [-0.15, -0.1) is 6.42 Å². The fourth-order valence-electron chi connectivity index (χ4n) is 0.397. The van der Waals surface area contributed by atoms with Gasteiger partial charge in [-0.3, -0.25) is 4.79 Å². The van der Waals surface area contributed by atoms with Crippen molar-refractivity contribution in [1.82, 2.24) is 5.32 Å². The van der Waals surface area contributed by atoms with E-state index in [1.165, 1.54) is 6.92 Å². The molecule has 0 aliphatic rings. The molecule has 0 bridgehead atoms. The zero-order valence-electron chi connectivity index (χ0n) is 9.65. The summed E-state index contributed by atoms with van der Waals surface area (Å²) in [6.07, 6.45) is -1.01. The third kappa shape index (κ3) is 11.8. The predicted octanol–water partition coefficient (Wildman–Crippen LogP) is -0.147. The van der Waals surface area contributed by atoms with Crippen molar-refractivity contribution < 1.29 is 37.4 Å². The van der Waals surface area contributed by atoms with Gasteiger partial charge in [-0.2, -0.15) is 13.2 Å². The number of rotatable bonds is 3. The summed E-state index contributed by atoms with van der Waals surface area (Å²) in [6.45, 7) is 1.32. The van der Waals surface area contributed by atoms with Crippen LogP contribution in [0.15, 0.2) is 0 Å². The summed E-state index contributed by atoms with van der Waals surface area (Å²) in [6, 6.07) is -0.754. The molecule has 0 heterocycles. The third-order valence-corrected chi connectivity index (χ3v) is 1.29. The number of nitrogens with two attached hydrogens (primary N) is 1. The summed E-state index contributed by atoms with van der Waals surface area (Å²) in [7, 11) is 0. The normalized spacial score (nSPS) is 11.1. The summed E-state index contributed by atoms with van der Waals surface area (Å²) < 4.78 is 36.2. The number of carboxylic acid groups (broad SMARTS) is 1. The molecule has 0 unspecified atom stereocenters. The van der Waals surface area contributed by atoms with E-state index in [1.807, 2.05) is 0 Å². The number of nitrogens with one attached hydrogen (secondary N) is 1. The Morgan fingerprint density at radius 1 is 1.47 bits per heavy atom. The number of ether oxygens (including phenoxy) is 1. The van der Waals surface area contributed by atoms with Gasteiger partial charge in [0.05, 0.1) is 0 Å². The Bertz CT molecular complexity index is 375. The lowest BCUT2D eigenvalue weighted by atomic mass is 10.3. The lowest BCUT2D eigenvalue weighted by Crippen LogP contribution is -2.42. The highest BCUT2D eigenvalue weighted by atomic mass is 19.4. The number of terminal acetylenes is 1. The molecule has 0 spiro atoms. The van der Waals surface area contributed by atoms with Crippen molar-refractivity contribution in [2.75, 3.05) is 6.61 Å². The van der Waals surface area contributed by atoms with Crippen LogP contribution in [0, 0.1) is 12.3 Å². The molecule has 0 saturated carbocycles. The van der Waals surface area contributed by atoms with Crippen LogP contribution in [-0.2, 0) is 14.3 Å². The van der Waals surface area contributed by atoms with E-state index in [-0.39, 0.29) is 6.61 Å². The van der Waals surface area contributed by atoms with Crippen molar-refractivity contribution in [3.63, 3.8) is 0 Å². The van der Waals surface area contributed by atoms with Gasteiger partial charge >= 0.3 is 18.2 Å². The molecule has 0 aliphatic heterocycles. The Labute approximate surface area is 105 Å². The third-order valence-electron chi connectivity index (χ3n) is 1.29. The van der Waals surface area contributed by atoms with Crippen LogP contribution < -0.4 is 11.1 Å². The number of halogens is 3. The number of hydrogen-bond acceptors (Lipinski definition) is 4. The molecule has 10 heteroatoms. The van der Waals surface area contributed by atoms with E-state index in [0.29, 0.717) is 0 Å². The van der Waals surface area contributed by atoms with Gasteiger partial charge in [0.25, 0.3) is 0 Å². The van der Waals surface area contributed by atoms with Crippen LogP contribution in [0.25, 0.3) is 0 Å². The average Bonchev–Trinajstić information content (AvgIpc) is 2.25. The zero-order valence-corrected chi connectivity index (χ0v) is 9.65. The molecule has 0 rings (SSSR count). The van der Waals surface area contributed by atoms with E-state index < -0.39 is 30.2 Å². The number of carbonyl (C=O) groups is 3. The highest BCUT2D eigenvalue weighted by Crippen LogP contribution is 2.13. The van der Waals surface area contributed by atoms with Gasteiger partial charge in [0, 0.05) is 0 Å². The van der Waals surface area contributed by atoms with Crippen molar-refractivity contribution >= 4 is 18.0 Å². The van der Waals surface area contributed by atoms with E-state index in [2.05, 4.69) is 16.0 Å². The van der Waals surface area contributed by atoms with Crippen LogP contribution in [0.4, 0.5) is 18.0 Å². The van der Waals surface area contributed by atoms with E-state index in [9.17, 15) is 22.8 Å². The molecule has 19 heavy (non-hydrogen) atoms. The summed E-state index contributed by atoms with van der Waals surface area (Å²) in [5.41, 5.74) is 4.86. The maximum atomic E-state index is 10.7. The highest BCUT2D eigenvalue weighted by molar-refractivity contribution is 5.83. The molecule has 0 aromatic heterocycles. The molecule has 0 aromatic rings. The Morgan fingerprint density at radius 2 is 1.89 bits per heavy atom. The first kappa shape index (κ1) is 18.9. The van der Waals surface area contributed by atoms with Crippen molar-refractivity contribution in [2.45, 2.75) is 19.1 Å². The molecular weight excluding hydrogens is 273 g/mol. The van der Waals surface area contributed by atoms with E-state index in [4.69, 9.17) is 22.1 Å². The Hall–Kier alpha value is -2.44. The maximum absolute atomic E-state index is 10.7. The first-order chi connectivity index (χ1) is 8.52. The topological polar surface area (TPSA) is 119 Å². The summed E-state index contributed by atoms with van der Waals surface area (Å²) in [4.78, 5) is 30.0. The number of alkyl halides is 3. The van der Waals surface area contributed by atoms with Crippen LogP contribution in [0.1, 0.15) is 6.92 Å². The highest BCUT2D eigenvalue weighted by Gasteiger charge is 2.38. The van der Waals surface area contributed by atoms with Crippen molar-refractivity contribution in [1.29, 1.82) is 0 Å². The molecule has 7 nitrogen and oxygen atoms in total. The number of carbonyl (C=O) groups excluding carboxylic acids is 2. The van der Waals surface area contributed by atoms with Gasteiger partial charge in [0.1, 0.15) is 6.04 Å². The van der Waals surface area contributed by atoms with Crippen molar-refractivity contribution in [2.24, 2.45) is 5.73 Å². The lowest BCUT2D eigenvalue weighted by Gasteiger charge is -2.08. The van der Waals surface area contributed by atoms with Gasteiger partial charge in [-0.25, -0.2) is 9.59 Å². The Balaban J connectivity index is 0. The zero-order chi connectivity index (χ0) is 15.6. The SMILES string of the molecule is C#CCOC(=O)N[C@H](C)C(N)=O.O=C(O)C(F)(F)F. The first-order valence-electron chi connectivity index (χ1n) is 4.48. The van der Waals surface area contributed by atoms with Crippen molar-refractivity contribution in [3.8, 4) is 12.3 Å². The molecule has 108 valence electrons. The fraction of sp³-hybridized carbons (Fsp3) is 0.444. The molecule has 0 aromatic carbocycles. The van der Waals surface area contributed by atoms with Crippen LogP contribution in [-0.4, -0.2) is 41.9 Å². The van der Waals surface area contributed by atoms with Crippen LogP contribution in [0.5, 0.6) is 0 Å². The monoisotopic (exact) mass is 284 g/mol. The standard InChI is InChI=1S/C7H10N2O3.C2HF3O2/c1-3-4-12-7(11)9-5(2)6(8)10;3-2(4,5)1(6)7/h1,5H,4H2,2H3,(H2,8,10)(H,9,11);(H,6,7)/t5-;/m1./s1. The number of hydrogen-bond donors (Lipinski definition) is 3. The van der Waals surface area contributed by atoms with Crippen molar-refractivity contribution in [3.05, 3.63) is 0 Å². The molecule has 1 atom stereocenters. The van der Waals surface area contributed by atoms with Crippen LogP contribution in [0.2, 0.25) is 0 Å². The summed E-state index contributed by atoms with van der Waals surface area (Å²) in [5, 5.41) is 9.31. The van der Waals surface area contributed by atoms with Gasteiger partial charge in [0.2, 0.25) is 5.91 Å². The molecule has 0 saturated heterocycles. The van der Waals surface area contributed by atoms with E-state index in [1.54, 1.807) is 0 Å². The Morgan fingerprint density at radius 3 is 2.16 bits per heavy atom. The fourth-order valence-corrected chi connectivity index (χ4v) is 0.397. The lowest BCUT2D eigenvalue weighted by molar-refractivity contribution is -0.192. The average molecular weight is 284 g/mol. The van der Waals surface area contributed by atoms with Gasteiger partial charge in [-0.05, 0) is 6.92 Å². The van der Waals surface area contributed by atoms with E-state index in [0.717, 1.165) is 0 Å². The van der Waals surface area contributed by atoms with Gasteiger partial charge < -0.3 is 20.9 Å². The smallest absolute Gasteiger partial charge is 0.475 e. The minimum Gasteiger partial charge on any atom is -0.475 e. The second-order valence-electron chi connectivity index (χ2n) is 2.85. The van der Waals surface area contributed by atoms with Crippen LogP contribution >= 0.6 is 0 Å². The second kappa shape index (κ2) is 8.62. The first-order valence-corrected chi connectivity index (χ1v) is 4.48. The predicted molar refractivity (Wildman–Crippen MR) is 55.7 cm³/mol. The number of alkyl carbamates (subject to hydrolysis) is 1. The van der Waals surface area contributed by atoms with E-state index >= 15 is 0 Å². The number of amides is 2. The molecule has 0 radical (unpaired) electrons. The number of carboxylic acids is 1. The molecule has 4 N–H and O–H groups in total. The van der Waals surface area contributed by atoms with Gasteiger partial charge in [-0.1, -0.05) is 5.92 Å². The van der Waals surface area contributed by atoms with Gasteiger partial charge in [0.15, 0.2) is 6.61 Å². The Kier molecular flexibility index (Phi) is 8.58. The molecule has 0 fully saturated rings. The molecule has 0 aliphatic carbocycles. The summed E-state index contributed by atoms with van der Waals surface area (Å²) >= 11 is 0.